The van der Waals surface area contributed by atoms with Crippen LogP contribution >= 0.6 is 0 Å². The Balaban J connectivity index is 1.66. The first-order chi connectivity index (χ1) is 11.6. The number of hydrogen-bond acceptors (Lipinski definition) is 2. The molecule has 1 amide bonds. The van der Waals surface area contributed by atoms with E-state index in [0.29, 0.717) is 6.54 Å². The van der Waals surface area contributed by atoms with Crippen LogP contribution in [-0.2, 0) is 21.5 Å². The van der Waals surface area contributed by atoms with Crippen LogP contribution in [0.15, 0.2) is 54.6 Å². The average Bonchev–Trinajstić information content (AvgIpc) is 3.42. The number of carbonyl (C=O) groups is 2. The van der Waals surface area contributed by atoms with E-state index in [1.807, 2.05) is 54.6 Å². The second-order valence-corrected chi connectivity index (χ2v) is 6.72. The van der Waals surface area contributed by atoms with E-state index in [4.69, 9.17) is 0 Å². The summed E-state index contributed by atoms with van der Waals surface area (Å²) in [6, 6.07) is 17.4. The van der Waals surface area contributed by atoms with Crippen LogP contribution in [0.4, 0.5) is 0 Å². The highest BCUT2D eigenvalue weighted by atomic mass is 16.4. The minimum absolute atomic E-state index is 0.0643. The zero-order valence-electron chi connectivity index (χ0n) is 13.3. The lowest BCUT2D eigenvalue weighted by Gasteiger charge is -2.35. The summed E-state index contributed by atoms with van der Waals surface area (Å²) in [6.45, 7) is 0.743. The third-order valence-electron chi connectivity index (χ3n) is 5.27. The number of benzene rings is 2. The molecule has 0 spiro atoms. The molecule has 1 aliphatic carbocycles. The van der Waals surface area contributed by atoms with Crippen molar-refractivity contribution in [3.63, 3.8) is 0 Å². The van der Waals surface area contributed by atoms with Crippen LogP contribution in [0.1, 0.15) is 35.4 Å². The molecule has 0 saturated heterocycles. The van der Waals surface area contributed by atoms with Gasteiger partial charge in [0.1, 0.15) is 0 Å². The van der Waals surface area contributed by atoms with Crippen LogP contribution in [0, 0.1) is 0 Å². The van der Waals surface area contributed by atoms with E-state index in [0.717, 1.165) is 29.5 Å². The first-order valence-electron chi connectivity index (χ1n) is 8.27. The summed E-state index contributed by atoms with van der Waals surface area (Å²) in [6.07, 6.45) is 1.68. The first-order valence-corrected chi connectivity index (χ1v) is 8.27. The number of amides is 1. The van der Waals surface area contributed by atoms with E-state index < -0.39 is 17.3 Å². The fraction of sp³-hybridized carbons (Fsp3) is 0.300. The molecule has 1 unspecified atom stereocenters. The Morgan fingerprint density at radius 3 is 2.33 bits per heavy atom. The van der Waals surface area contributed by atoms with Gasteiger partial charge in [0.15, 0.2) is 0 Å². The van der Waals surface area contributed by atoms with Gasteiger partial charge >= 0.3 is 5.97 Å². The van der Waals surface area contributed by atoms with Gasteiger partial charge in [-0.15, -0.1) is 0 Å². The van der Waals surface area contributed by atoms with E-state index in [1.54, 1.807) is 4.90 Å². The predicted molar refractivity (Wildman–Crippen MR) is 89.6 cm³/mol. The van der Waals surface area contributed by atoms with Crippen molar-refractivity contribution in [3.8, 4) is 0 Å². The topological polar surface area (TPSA) is 57.6 Å². The molecule has 2 aromatic carbocycles. The fourth-order valence-electron chi connectivity index (χ4n) is 3.78. The van der Waals surface area contributed by atoms with Crippen molar-refractivity contribution < 1.29 is 14.7 Å². The Kier molecular flexibility index (Phi) is 3.41. The minimum atomic E-state index is -0.871. The lowest BCUT2D eigenvalue weighted by atomic mass is 9.87. The Morgan fingerprint density at radius 1 is 1.00 bits per heavy atom. The lowest BCUT2D eigenvalue weighted by Crippen LogP contribution is -2.45. The minimum Gasteiger partial charge on any atom is -0.481 e. The number of fused-ring (bicyclic) bond motifs is 1. The molecule has 2 aromatic rings. The van der Waals surface area contributed by atoms with E-state index in [9.17, 15) is 14.7 Å². The second kappa shape index (κ2) is 5.48. The Morgan fingerprint density at radius 2 is 1.67 bits per heavy atom. The SMILES string of the molecule is O=C(O)C1CN(C(=O)C2(c3ccccc3)CC2)Cc2ccccc21. The number of rotatable bonds is 3. The van der Waals surface area contributed by atoms with Crippen LogP contribution in [0.2, 0.25) is 0 Å². The van der Waals surface area contributed by atoms with Gasteiger partial charge in [0, 0.05) is 13.1 Å². The van der Waals surface area contributed by atoms with Gasteiger partial charge < -0.3 is 10.0 Å². The number of carbonyl (C=O) groups excluding carboxylic acids is 1. The highest BCUT2D eigenvalue weighted by molar-refractivity contribution is 5.92. The largest absolute Gasteiger partial charge is 0.481 e. The van der Waals surface area contributed by atoms with Crippen molar-refractivity contribution in [2.75, 3.05) is 6.54 Å². The molecular formula is C20H19NO3. The summed E-state index contributed by atoms with van der Waals surface area (Å²) in [5.74, 6) is -1.45. The predicted octanol–water partition coefficient (Wildman–Crippen LogP) is 2.93. The van der Waals surface area contributed by atoms with Crippen LogP contribution in [0.25, 0.3) is 0 Å². The van der Waals surface area contributed by atoms with Gasteiger partial charge in [-0.1, -0.05) is 54.6 Å². The molecule has 0 aromatic heterocycles. The number of aliphatic carboxylic acids is 1. The molecule has 2 aliphatic rings. The fourth-order valence-corrected chi connectivity index (χ4v) is 3.78. The molecule has 4 rings (SSSR count). The van der Waals surface area contributed by atoms with E-state index in [1.165, 1.54) is 0 Å². The summed E-state index contributed by atoms with van der Waals surface area (Å²) in [7, 11) is 0. The van der Waals surface area contributed by atoms with Crippen molar-refractivity contribution in [2.45, 2.75) is 30.7 Å². The molecule has 1 aliphatic heterocycles. The lowest BCUT2D eigenvalue weighted by molar-refractivity contribution is -0.142. The van der Waals surface area contributed by atoms with E-state index in [2.05, 4.69) is 0 Å². The normalized spacial score (nSPS) is 21.0. The molecule has 1 saturated carbocycles. The summed E-state index contributed by atoms with van der Waals surface area (Å²) in [5, 5.41) is 9.58. The number of nitrogens with zero attached hydrogens (tertiary/aromatic N) is 1. The monoisotopic (exact) mass is 321 g/mol. The summed E-state index contributed by atoms with van der Waals surface area (Å²) >= 11 is 0. The molecule has 4 heteroatoms. The highest BCUT2D eigenvalue weighted by Gasteiger charge is 2.53. The van der Waals surface area contributed by atoms with Gasteiger partial charge in [0.05, 0.1) is 11.3 Å². The Hall–Kier alpha value is -2.62. The van der Waals surface area contributed by atoms with Crippen molar-refractivity contribution in [1.82, 2.24) is 4.90 Å². The maximum Gasteiger partial charge on any atom is 0.312 e. The highest BCUT2D eigenvalue weighted by Crippen LogP contribution is 2.50. The zero-order valence-corrected chi connectivity index (χ0v) is 13.3. The third kappa shape index (κ3) is 2.30. The third-order valence-corrected chi connectivity index (χ3v) is 5.27. The molecule has 0 radical (unpaired) electrons. The molecule has 1 N–H and O–H groups in total. The van der Waals surface area contributed by atoms with E-state index in [-0.39, 0.29) is 12.5 Å². The molecule has 122 valence electrons. The van der Waals surface area contributed by atoms with Gasteiger partial charge in [-0.25, -0.2) is 0 Å². The van der Waals surface area contributed by atoms with Crippen molar-refractivity contribution >= 4 is 11.9 Å². The van der Waals surface area contributed by atoms with Crippen LogP contribution in [-0.4, -0.2) is 28.4 Å². The molecule has 1 heterocycles. The number of hydrogen-bond donors (Lipinski definition) is 1. The molecule has 0 bridgehead atoms. The van der Waals surface area contributed by atoms with Gasteiger partial charge in [0.25, 0.3) is 0 Å². The second-order valence-electron chi connectivity index (χ2n) is 6.72. The maximum absolute atomic E-state index is 13.2. The summed E-state index contributed by atoms with van der Waals surface area (Å²) in [5.41, 5.74) is 2.36. The molecule has 1 atom stereocenters. The number of carboxylic acid groups (broad SMARTS) is 1. The van der Waals surface area contributed by atoms with Crippen LogP contribution < -0.4 is 0 Å². The zero-order chi connectivity index (χ0) is 16.7. The molecule has 24 heavy (non-hydrogen) atoms. The summed E-state index contributed by atoms with van der Waals surface area (Å²) < 4.78 is 0. The van der Waals surface area contributed by atoms with Crippen molar-refractivity contribution in [1.29, 1.82) is 0 Å². The van der Waals surface area contributed by atoms with Gasteiger partial charge in [-0.05, 0) is 29.5 Å². The summed E-state index contributed by atoms with van der Waals surface area (Å²) in [4.78, 5) is 26.6. The van der Waals surface area contributed by atoms with E-state index >= 15 is 0 Å². The molecule has 1 fully saturated rings. The average molecular weight is 321 g/mol. The van der Waals surface area contributed by atoms with Crippen LogP contribution in [0.5, 0.6) is 0 Å². The van der Waals surface area contributed by atoms with Crippen molar-refractivity contribution in [3.05, 3.63) is 71.3 Å². The number of carboxylic acids is 1. The molecule has 4 nitrogen and oxygen atoms in total. The van der Waals surface area contributed by atoms with Gasteiger partial charge in [-0.3, -0.25) is 9.59 Å². The first kappa shape index (κ1) is 14.9. The quantitative estimate of drug-likeness (QED) is 0.945. The van der Waals surface area contributed by atoms with Crippen molar-refractivity contribution in [2.24, 2.45) is 0 Å². The standard InChI is InChI=1S/C20H19NO3/c22-18(23)17-13-21(12-14-6-4-5-9-16(14)17)19(24)20(10-11-20)15-7-2-1-3-8-15/h1-9,17H,10-13H2,(H,22,23). The Bertz CT molecular complexity index is 796. The van der Waals surface area contributed by atoms with Gasteiger partial charge in [-0.2, -0.15) is 0 Å². The van der Waals surface area contributed by atoms with Gasteiger partial charge in [0.2, 0.25) is 5.91 Å². The Labute approximate surface area is 140 Å². The smallest absolute Gasteiger partial charge is 0.312 e. The molecular weight excluding hydrogens is 302 g/mol. The maximum atomic E-state index is 13.2. The van der Waals surface area contributed by atoms with Crippen LogP contribution in [0.3, 0.4) is 0 Å².